The van der Waals surface area contributed by atoms with Gasteiger partial charge in [0.25, 0.3) is 0 Å². The average molecular weight is 380 g/mol. The minimum absolute atomic E-state index is 0.227. The maximum atomic E-state index is 13.0. The van der Waals surface area contributed by atoms with Gasteiger partial charge in [-0.2, -0.15) is 0 Å². The van der Waals surface area contributed by atoms with E-state index in [4.69, 9.17) is 10.3 Å². The second kappa shape index (κ2) is 5.24. The van der Waals surface area contributed by atoms with Crippen LogP contribution in [0.4, 0.5) is 10.3 Å². The molecule has 3 aromatic rings. The highest BCUT2D eigenvalue weighted by Gasteiger charge is 2.17. The first-order valence-corrected chi connectivity index (χ1v) is 7.00. The van der Waals surface area contributed by atoms with Crippen LogP contribution in [0.25, 0.3) is 22.4 Å². The Morgan fingerprint density at radius 3 is 2.20 bits per heavy atom. The lowest BCUT2D eigenvalue weighted by molar-refractivity contribution is 0.439. The van der Waals surface area contributed by atoms with E-state index in [0.29, 0.717) is 11.3 Å². The second-order valence-electron chi connectivity index (χ2n) is 4.28. The molecule has 1 aromatic heterocycles. The van der Waals surface area contributed by atoms with E-state index in [1.54, 1.807) is 12.1 Å². The maximum Gasteiger partial charge on any atom is 0.230 e. The fourth-order valence-electron chi connectivity index (χ4n) is 2.00. The van der Waals surface area contributed by atoms with Crippen LogP contribution in [-0.4, -0.2) is 5.16 Å². The Bertz CT molecular complexity index is 736. The SMILES string of the molecule is Nc1onc(-c2ccc(I)cc2)c1-c1ccc(F)cc1. The molecular weight excluding hydrogens is 370 g/mol. The van der Waals surface area contributed by atoms with Crippen molar-refractivity contribution in [2.24, 2.45) is 0 Å². The Morgan fingerprint density at radius 2 is 1.55 bits per heavy atom. The molecular formula is C15H10FIN2O. The Labute approximate surface area is 128 Å². The monoisotopic (exact) mass is 380 g/mol. The van der Waals surface area contributed by atoms with Crippen molar-refractivity contribution in [1.82, 2.24) is 5.16 Å². The average Bonchev–Trinajstić information content (AvgIpc) is 2.83. The zero-order valence-electron chi connectivity index (χ0n) is 10.3. The summed E-state index contributed by atoms with van der Waals surface area (Å²) in [6, 6.07) is 14.0. The van der Waals surface area contributed by atoms with Crippen molar-refractivity contribution in [3.63, 3.8) is 0 Å². The Balaban J connectivity index is 2.14. The molecule has 3 rings (SSSR count). The molecule has 100 valence electrons. The first kappa shape index (κ1) is 13.1. The smallest absolute Gasteiger partial charge is 0.230 e. The van der Waals surface area contributed by atoms with Crippen LogP contribution in [0.5, 0.6) is 0 Å². The highest BCUT2D eigenvalue weighted by molar-refractivity contribution is 14.1. The summed E-state index contributed by atoms with van der Waals surface area (Å²) in [7, 11) is 0. The van der Waals surface area contributed by atoms with Crippen LogP contribution in [0, 0.1) is 9.39 Å². The number of nitrogens with two attached hydrogens (primary N) is 1. The summed E-state index contributed by atoms with van der Waals surface area (Å²) in [6.45, 7) is 0. The quantitative estimate of drug-likeness (QED) is 0.674. The molecule has 3 nitrogen and oxygen atoms in total. The molecule has 0 spiro atoms. The van der Waals surface area contributed by atoms with Crippen LogP contribution in [0.15, 0.2) is 53.1 Å². The largest absolute Gasteiger partial charge is 0.367 e. The molecule has 0 radical (unpaired) electrons. The number of anilines is 1. The summed E-state index contributed by atoms with van der Waals surface area (Å²) in [4.78, 5) is 0. The first-order valence-electron chi connectivity index (χ1n) is 5.92. The third-order valence-corrected chi connectivity index (χ3v) is 3.69. The zero-order valence-corrected chi connectivity index (χ0v) is 12.5. The predicted octanol–water partition coefficient (Wildman–Crippen LogP) is 4.33. The molecule has 0 saturated carbocycles. The van der Waals surface area contributed by atoms with Crippen molar-refractivity contribution in [2.45, 2.75) is 0 Å². The molecule has 2 aromatic carbocycles. The van der Waals surface area contributed by atoms with Gasteiger partial charge in [0, 0.05) is 9.13 Å². The highest BCUT2D eigenvalue weighted by Crippen LogP contribution is 2.36. The first-order chi connectivity index (χ1) is 9.65. The summed E-state index contributed by atoms with van der Waals surface area (Å²) >= 11 is 2.23. The Morgan fingerprint density at radius 1 is 0.950 bits per heavy atom. The van der Waals surface area contributed by atoms with E-state index in [-0.39, 0.29) is 11.7 Å². The van der Waals surface area contributed by atoms with Gasteiger partial charge in [-0.25, -0.2) is 4.39 Å². The summed E-state index contributed by atoms with van der Waals surface area (Å²) in [5.74, 6) is -0.0650. The Hall–Kier alpha value is -1.89. The summed E-state index contributed by atoms with van der Waals surface area (Å²) in [5, 5.41) is 4.02. The number of halogens is 2. The fraction of sp³-hybridized carbons (Fsp3) is 0. The molecule has 0 aliphatic rings. The van der Waals surface area contributed by atoms with E-state index < -0.39 is 0 Å². The highest BCUT2D eigenvalue weighted by atomic mass is 127. The number of rotatable bonds is 2. The third-order valence-electron chi connectivity index (χ3n) is 2.97. The van der Waals surface area contributed by atoms with Crippen LogP contribution in [0.3, 0.4) is 0 Å². The van der Waals surface area contributed by atoms with Gasteiger partial charge in [0.05, 0.1) is 5.56 Å². The molecule has 0 atom stereocenters. The lowest BCUT2D eigenvalue weighted by Crippen LogP contribution is -1.88. The normalized spacial score (nSPS) is 10.7. The van der Waals surface area contributed by atoms with Crippen LogP contribution >= 0.6 is 22.6 Å². The van der Waals surface area contributed by atoms with Gasteiger partial charge in [0.1, 0.15) is 11.5 Å². The van der Waals surface area contributed by atoms with Gasteiger partial charge in [0.2, 0.25) is 5.88 Å². The van der Waals surface area contributed by atoms with E-state index >= 15 is 0 Å². The van der Waals surface area contributed by atoms with Crippen LogP contribution in [0.2, 0.25) is 0 Å². The van der Waals surface area contributed by atoms with Crippen LogP contribution in [-0.2, 0) is 0 Å². The summed E-state index contributed by atoms with van der Waals surface area (Å²) in [5.41, 5.74) is 8.88. The van der Waals surface area contributed by atoms with Gasteiger partial charge < -0.3 is 10.3 Å². The lowest BCUT2D eigenvalue weighted by Gasteiger charge is -2.03. The van der Waals surface area contributed by atoms with E-state index in [1.165, 1.54) is 12.1 Å². The number of benzene rings is 2. The number of aromatic nitrogens is 1. The molecule has 5 heteroatoms. The van der Waals surface area contributed by atoms with Gasteiger partial charge >= 0.3 is 0 Å². The molecule has 20 heavy (non-hydrogen) atoms. The minimum Gasteiger partial charge on any atom is -0.367 e. The second-order valence-corrected chi connectivity index (χ2v) is 5.53. The maximum absolute atomic E-state index is 13.0. The molecule has 1 heterocycles. The summed E-state index contributed by atoms with van der Waals surface area (Å²) in [6.07, 6.45) is 0. The molecule has 0 saturated heterocycles. The fourth-order valence-corrected chi connectivity index (χ4v) is 2.36. The molecule has 0 unspecified atom stereocenters. The van der Waals surface area contributed by atoms with Crippen LogP contribution < -0.4 is 5.73 Å². The van der Waals surface area contributed by atoms with Crippen molar-refractivity contribution < 1.29 is 8.91 Å². The van der Waals surface area contributed by atoms with Gasteiger partial charge in [-0.3, -0.25) is 0 Å². The standard InChI is InChI=1S/C15H10FIN2O/c16-11-5-1-9(2-6-11)13-14(19-20-15(13)18)10-3-7-12(17)8-4-10/h1-8H,18H2. The summed E-state index contributed by atoms with van der Waals surface area (Å²) < 4.78 is 19.3. The zero-order chi connectivity index (χ0) is 14.1. The number of hydrogen-bond acceptors (Lipinski definition) is 3. The van der Waals surface area contributed by atoms with Gasteiger partial charge in [-0.1, -0.05) is 29.4 Å². The van der Waals surface area contributed by atoms with Gasteiger partial charge in [0.15, 0.2) is 0 Å². The topological polar surface area (TPSA) is 52.0 Å². The van der Waals surface area contributed by atoms with Gasteiger partial charge in [-0.15, -0.1) is 0 Å². The van der Waals surface area contributed by atoms with E-state index in [1.807, 2.05) is 24.3 Å². The van der Waals surface area contributed by atoms with Crippen molar-refractivity contribution in [3.8, 4) is 22.4 Å². The lowest BCUT2D eigenvalue weighted by atomic mass is 10.0. The molecule has 2 N–H and O–H groups in total. The van der Waals surface area contributed by atoms with E-state index in [9.17, 15) is 4.39 Å². The van der Waals surface area contributed by atoms with Gasteiger partial charge in [-0.05, 0) is 52.4 Å². The number of nitrogens with zero attached hydrogens (tertiary/aromatic N) is 1. The van der Waals surface area contributed by atoms with E-state index in [0.717, 1.165) is 14.7 Å². The number of nitrogen functional groups attached to an aromatic ring is 1. The molecule has 0 fully saturated rings. The minimum atomic E-state index is -0.292. The molecule has 0 aliphatic carbocycles. The van der Waals surface area contributed by atoms with Crippen molar-refractivity contribution in [2.75, 3.05) is 5.73 Å². The van der Waals surface area contributed by atoms with Crippen molar-refractivity contribution in [1.29, 1.82) is 0 Å². The van der Waals surface area contributed by atoms with E-state index in [2.05, 4.69) is 27.7 Å². The molecule has 0 aliphatic heterocycles. The predicted molar refractivity (Wildman–Crippen MR) is 84.5 cm³/mol. The Kier molecular flexibility index (Phi) is 3.43. The third kappa shape index (κ3) is 2.40. The number of hydrogen-bond donors (Lipinski definition) is 1. The molecule has 0 bridgehead atoms. The van der Waals surface area contributed by atoms with Crippen LogP contribution in [0.1, 0.15) is 0 Å². The van der Waals surface area contributed by atoms with Crippen molar-refractivity contribution >= 4 is 28.5 Å². The van der Waals surface area contributed by atoms with Crippen molar-refractivity contribution in [3.05, 3.63) is 57.9 Å². The molecule has 0 amide bonds.